The SMILES string of the molecule is O=C(O)C(F)(CCCOC1O[C@H](CO)[C@@H](O)[C@H](O)[C@H]1O)C(=O)O.[NH2-].[NH2-].[Pt+2]. The van der Waals surface area contributed by atoms with Gasteiger partial charge in [-0.25, -0.2) is 14.0 Å². The zero-order chi connectivity index (χ0) is 17.8. The molecule has 0 aromatic rings. The molecular weight excluding hydrogens is 546 g/mol. The van der Waals surface area contributed by atoms with Crippen LogP contribution in [0.2, 0.25) is 0 Å². The number of carboxylic acid groups (broad SMARTS) is 2. The van der Waals surface area contributed by atoms with Crippen molar-refractivity contribution < 1.29 is 75.2 Å². The summed E-state index contributed by atoms with van der Waals surface area (Å²) in [6.07, 6.45) is -8.71. The van der Waals surface area contributed by atoms with Crippen molar-refractivity contribution in [3.05, 3.63) is 12.3 Å². The molecule has 1 unspecified atom stereocenters. The van der Waals surface area contributed by atoms with Crippen LogP contribution < -0.4 is 0 Å². The molecule has 0 aromatic heterocycles. The van der Waals surface area contributed by atoms with E-state index in [1.807, 2.05) is 0 Å². The van der Waals surface area contributed by atoms with Gasteiger partial charge >= 0.3 is 38.7 Å². The second-order valence-corrected chi connectivity index (χ2v) is 5.08. The Morgan fingerprint density at radius 3 is 1.96 bits per heavy atom. The van der Waals surface area contributed by atoms with Crippen LogP contribution in [0, 0.1) is 0 Å². The van der Waals surface area contributed by atoms with Gasteiger partial charge in [0.25, 0.3) is 0 Å². The van der Waals surface area contributed by atoms with Crippen molar-refractivity contribution in [3.63, 3.8) is 0 Å². The van der Waals surface area contributed by atoms with Crippen molar-refractivity contribution in [3.8, 4) is 0 Å². The van der Waals surface area contributed by atoms with Crippen LogP contribution in [0.25, 0.3) is 12.3 Å². The first-order valence-corrected chi connectivity index (χ1v) is 6.73. The van der Waals surface area contributed by atoms with E-state index in [4.69, 9.17) is 24.8 Å². The van der Waals surface area contributed by atoms with Crippen molar-refractivity contribution >= 4 is 11.9 Å². The Morgan fingerprint density at radius 2 is 1.54 bits per heavy atom. The van der Waals surface area contributed by atoms with Gasteiger partial charge in [-0.05, 0) is 6.42 Å². The Morgan fingerprint density at radius 1 is 1.04 bits per heavy atom. The number of aliphatic hydroxyl groups is 4. The zero-order valence-electron chi connectivity index (χ0n) is 13.4. The number of carboxylic acids is 2. The van der Waals surface area contributed by atoms with Gasteiger partial charge in [-0.15, -0.1) is 0 Å². The third-order valence-corrected chi connectivity index (χ3v) is 3.47. The van der Waals surface area contributed by atoms with Crippen LogP contribution in [0.3, 0.4) is 0 Å². The monoisotopic (exact) mass is 569 g/mol. The van der Waals surface area contributed by atoms with Crippen LogP contribution in [0.1, 0.15) is 12.8 Å². The summed E-state index contributed by atoms with van der Waals surface area (Å²) in [7, 11) is 0. The largest absolute Gasteiger partial charge is 2.00 e. The molecule has 0 spiro atoms. The van der Waals surface area contributed by atoms with Crippen LogP contribution in [0.5, 0.6) is 0 Å². The summed E-state index contributed by atoms with van der Waals surface area (Å²) in [4.78, 5) is 21.2. The number of aliphatic hydroxyl groups excluding tert-OH is 4. The maximum atomic E-state index is 13.7. The number of halogens is 1. The van der Waals surface area contributed by atoms with E-state index in [0.717, 1.165) is 0 Å². The fourth-order valence-electron chi connectivity index (χ4n) is 2.03. The molecule has 26 heavy (non-hydrogen) atoms. The molecule has 5 atom stereocenters. The molecule has 158 valence electrons. The van der Waals surface area contributed by atoms with Gasteiger partial charge in [0.2, 0.25) is 0 Å². The van der Waals surface area contributed by atoms with Gasteiger partial charge in [0.15, 0.2) is 6.29 Å². The normalized spacial score (nSPS) is 28.1. The molecular formula is C12H23FN2O10Pt. The van der Waals surface area contributed by atoms with E-state index in [0.29, 0.717) is 0 Å². The molecule has 1 aliphatic rings. The molecule has 0 aromatic carbocycles. The van der Waals surface area contributed by atoms with Crippen LogP contribution in [-0.4, -0.2) is 92.2 Å². The average molecular weight is 569 g/mol. The molecule has 0 aliphatic carbocycles. The van der Waals surface area contributed by atoms with Crippen molar-refractivity contribution in [1.29, 1.82) is 0 Å². The van der Waals surface area contributed by atoms with Gasteiger partial charge in [-0.3, -0.25) is 0 Å². The molecule has 10 N–H and O–H groups in total. The van der Waals surface area contributed by atoms with E-state index in [-0.39, 0.29) is 46.4 Å². The maximum Gasteiger partial charge on any atom is 2.00 e. The molecule has 12 nitrogen and oxygen atoms in total. The molecule has 1 saturated heterocycles. The summed E-state index contributed by atoms with van der Waals surface area (Å²) in [5.41, 5.74) is -3.46. The minimum Gasteiger partial charge on any atom is -0.693 e. The van der Waals surface area contributed by atoms with Gasteiger partial charge in [-0.1, -0.05) is 0 Å². The minimum absolute atomic E-state index is 0. The third-order valence-electron chi connectivity index (χ3n) is 3.47. The van der Waals surface area contributed by atoms with Crippen LogP contribution >= 0.6 is 0 Å². The third kappa shape index (κ3) is 6.76. The van der Waals surface area contributed by atoms with Crippen molar-refractivity contribution in [2.45, 2.75) is 49.2 Å². The molecule has 0 amide bonds. The van der Waals surface area contributed by atoms with Crippen LogP contribution in [0.15, 0.2) is 0 Å². The standard InChI is InChI=1S/C12H19FO10.2H2N.Pt/c13-12(10(18)19,11(20)21)2-1-3-22-9-8(17)7(16)6(15)5(4-14)23-9;;;/h5-9,14-17H,1-4H2,(H,18,19)(H,20,21);2*1H2;/q;2*-1;+2/t5-,6-,7+,8-,9?;;;/m1.../s1. The van der Waals surface area contributed by atoms with E-state index in [1.165, 1.54) is 0 Å². The second-order valence-electron chi connectivity index (χ2n) is 5.08. The first kappa shape index (κ1) is 30.0. The summed E-state index contributed by atoms with van der Waals surface area (Å²) in [5, 5.41) is 54.8. The number of rotatable bonds is 8. The Kier molecular flexibility index (Phi) is 14.5. The van der Waals surface area contributed by atoms with Gasteiger partial charge in [0, 0.05) is 6.42 Å². The number of ether oxygens (including phenoxy) is 2. The summed E-state index contributed by atoms with van der Waals surface area (Å²) < 4.78 is 23.7. The predicted octanol–water partition coefficient (Wildman–Crippen LogP) is -1.11. The summed E-state index contributed by atoms with van der Waals surface area (Å²) in [6, 6.07) is 0. The van der Waals surface area contributed by atoms with E-state index >= 15 is 0 Å². The number of hydrogen-bond donors (Lipinski definition) is 6. The van der Waals surface area contributed by atoms with Gasteiger partial charge in [-0.2, -0.15) is 0 Å². The molecule has 1 fully saturated rings. The van der Waals surface area contributed by atoms with Gasteiger partial charge in [0.05, 0.1) is 13.2 Å². The quantitative estimate of drug-likeness (QED) is 0.152. The minimum atomic E-state index is -3.46. The summed E-state index contributed by atoms with van der Waals surface area (Å²) in [5.74, 6) is -4.28. The molecule has 0 bridgehead atoms. The van der Waals surface area contributed by atoms with Gasteiger partial charge in [0.1, 0.15) is 24.4 Å². The Bertz CT molecular complexity index is 430. The smallest absolute Gasteiger partial charge is 0.693 e. The van der Waals surface area contributed by atoms with Crippen molar-refractivity contribution in [2.75, 3.05) is 13.2 Å². The zero-order valence-corrected chi connectivity index (χ0v) is 15.7. The van der Waals surface area contributed by atoms with Gasteiger partial charge < -0.3 is 52.4 Å². The number of alkyl halides is 1. The molecule has 1 heterocycles. The Labute approximate surface area is 162 Å². The molecule has 0 saturated carbocycles. The molecule has 14 heteroatoms. The molecule has 1 aliphatic heterocycles. The molecule has 1 rings (SSSR count). The average Bonchev–Trinajstić information content (AvgIpc) is 2.50. The molecule has 0 radical (unpaired) electrons. The Balaban J connectivity index is -0.00000176. The van der Waals surface area contributed by atoms with Crippen LogP contribution in [0.4, 0.5) is 4.39 Å². The first-order chi connectivity index (χ1) is 10.6. The predicted molar refractivity (Wildman–Crippen MR) is 78.6 cm³/mol. The topological polar surface area (TPSA) is 241 Å². The Hall–Kier alpha value is -0.762. The number of carbonyl (C=O) groups is 2. The first-order valence-electron chi connectivity index (χ1n) is 6.73. The summed E-state index contributed by atoms with van der Waals surface area (Å²) >= 11 is 0. The number of aliphatic carboxylic acids is 2. The summed E-state index contributed by atoms with van der Waals surface area (Å²) in [6.45, 7) is -1.04. The second kappa shape index (κ2) is 12.6. The fourth-order valence-corrected chi connectivity index (χ4v) is 2.03. The van der Waals surface area contributed by atoms with E-state index < -0.39 is 61.3 Å². The van der Waals surface area contributed by atoms with Crippen molar-refractivity contribution in [2.24, 2.45) is 0 Å². The van der Waals surface area contributed by atoms with E-state index in [1.54, 1.807) is 0 Å². The fraction of sp³-hybridized carbons (Fsp3) is 0.833. The van der Waals surface area contributed by atoms with Crippen LogP contribution in [-0.2, 0) is 40.1 Å². The van der Waals surface area contributed by atoms with E-state index in [2.05, 4.69) is 0 Å². The number of nitrogens with two attached hydrogens (primary N) is 2. The van der Waals surface area contributed by atoms with Crippen molar-refractivity contribution in [1.82, 2.24) is 0 Å². The number of hydrogen-bond acceptors (Lipinski definition) is 8. The maximum absolute atomic E-state index is 13.7. The van der Waals surface area contributed by atoms with E-state index in [9.17, 15) is 29.3 Å².